The number of aliphatic hydroxyl groups is 2. The molecule has 19 nitrogen and oxygen atoms in total. The van der Waals surface area contributed by atoms with Crippen LogP contribution in [0.3, 0.4) is 0 Å². The van der Waals surface area contributed by atoms with Crippen molar-refractivity contribution in [1.29, 1.82) is 0 Å². The summed E-state index contributed by atoms with van der Waals surface area (Å²) in [7, 11) is 0. The maximum absolute atomic E-state index is 14.7. The first-order valence-corrected chi connectivity index (χ1v) is 27.6. The van der Waals surface area contributed by atoms with Gasteiger partial charge in [-0.3, -0.25) is 24.2 Å². The first-order valence-electron chi connectivity index (χ1n) is 27.6. The molecule has 6 N–H and O–H groups in total. The molecule has 8 heterocycles. The molecule has 6 atom stereocenters. The van der Waals surface area contributed by atoms with Gasteiger partial charge in [-0.25, -0.2) is 0 Å². The number of hydrogen-bond acceptors (Lipinski definition) is 14. The van der Waals surface area contributed by atoms with E-state index in [9.17, 15) is 24.6 Å². The number of terminal acetylenes is 1. The molecular formula is C60H63N11O8. The molecule has 5 aliphatic rings. The van der Waals surface area contributed by atoms with Gasteiger partial charge < -0.3 is 49.8 Å². The number of aliphatic hydroxyl groups excluding tert-OH is 2. The highest BCUT2D eigenvalue weighted by atomic mass is 16.5. The van der Waals surface area contributed by atoms with E-state index in [1.807, 2.05) is 38.2 Å². The number of pyridine rings is 1. The second-order valence-corrected chi connectivity index (χ2v) is 22.4. The van der Waals surface area contributed by atoms with Crippen LogP contribution >= 0.6 is 0 Å². The molecule has 406 valence electrons. The fraction of sp³-hybridized carbons (Fsp3) is 0.417. The van der Waals surface area contributed by atoms with E-state index >= 15 is 0 Å². The molecule has 4 aliphatic heterocycles. The van der Waals surface area contributed by atoms with Crippen LogP contribution in [0.4, 0.5) is 5.82 Å². The van der Waals surface area contributed by atoms with Gasteiger partial charge in [-0.05, 0) is 96.2 Å². The maximum Gasteiger partial charge on any atom is 0.319 e. The molecule has 4 aromatic carbocycles. The lowest BCUT2D eigenvalue weighted by molar-refractivity contribution is -0.142. The number of ether oxygens (including phenoxy) is 3. The quantitative estimate of drug-likeness (QED) is 0.0625. The molecule has 1 saturated carbocycles. The number of hydrogen-bond donors (Lipinski definition) is 6. The van der Waals surface area contributed by atoms with Crippen molar-refractivity contribution in [2.24, 2.45) is 5.92 Å². The predicted octanol–water partition coefficient (Wildman–Crippen LogP) is 6.23. The Morgan fingerprint density at radius 2 is 1.76 bits per heavy atom. The second kappa shape index (κ2) is 20.4. The van der Waals surface area contributed by atoms with E-state index in [1.165, 1.54) is 15.1 Å². The summed E-state index contributed by atoms with van der Waals surface area (Å²) in [5.74, 6) is 3.06. The Balaban J connectivity index is 0.856. The summed E-state index contributed by atoms with van der Waals surface area (Å²) in [6, 6.07) is 17.5. The predicted molar refractivity (Wildman–Crippen MR) is 298 cm³/mol. The first-order chi connectivity index (χ1) is 38.4. The number of aromatic amines is 2. The topological polar surface area (TPSA) is 238 Å². The van der Waals surface area contributed by atoms with Crippen molar-refractivity contribution >= 4 is 61.2 Å². The number of amides is 2. The maximum atomic E-state index is 14.7. The third kappa shape index (κ3) is 9.29. The van der Waals surface area contributed by atoms with Gasteiger partial charge in [0.1, 0.15) is 36.1 Å². The highest BCUT2D eigenvalue weighted by Gasteiger charge is 2.44. The summed E-state index contributed by atoms with van der Waals surface area (Å²) in [5.41, 5.74) is 8.19. The molecule has 1 aliphatic carbocycles. The van der Waals surface area contributed by atoms with Crippen LogP contribution in [-0.4, -0.2) is 132 Å². The molecule has 0 radical (unpaired) electrons. The number of rotatable bonds is 15. The standard InChI is InChI=1S/C60H63N11O8/c1-5-33-7-10-36(11-8-33)48(29-72)64-57(74)49-22-39(73)27-70(49)59(76)54(31(2)3)71-28-45-41-14-9-34(20-47(41)63-58(75)53(45)68-71)30-78-55-51(50-32(4)6-15-46-44(50)25-62-67-46)42(35-12-13-35)23-43-52(55)65-60(79-40-16-18-77-19-17-40)66-56(43)69-26-37-21-38(69)24-61-37/h1,6-11,14-15,20,23,25,28,31,35,37-40,48-49,54,61,72-73H,12-13,16-19,21-22,24,26-27,29-30H2,2-4H3,(H,62,67)(H,63,75)(H,64,74)/t37-,38-,39+,48-,49-,54?/m0/s1. The summed E-state index contributed by atoms with van der Waals surface area (Å²) >= 11 is 0. The molecule has 4 aromatic heterocycles. The number of aromatic nitrogens is 7. The van der Waals surface area contributed by atoms with Gasteiger partial charge in [0.05, 0.1) is 43.7 Å². The molecule has 19 heteroatoms. The number of β-amino-alcohol motifs (C(OH)–C–C–N with tert-alkyl or cyclic N) is 1. The number of H-pyrrole nitrogens is 2. The Morgan fingerprint density at radius 1 is 0.937 bits per heavy atom. The molecule has 4 saturated heterocycles. The molecule has 0 spiro atoms. The van der Waals surface area contributed by atoms with Gasteiger partial charge in [0.15, 0.2) is 11.3 Å². The summed E-state index contributed by atoms with van der Waals surface area (Å²) in [6.45, 7) is 8.45. The van der Waals surface area contributed by atoms with Crippen molar-refractivity contribution in [2.45, 2.75) is 114 Å². The van der Waals surface area contributed by atoms with E-state index in [-0.39, 0.29) is 43.2 Å². The number of anilines is 1. The first kappa shape index (κ1) is 50.6. The monoisotopic (exact) mass is 1070 g/mol. The lowest BCUT2D eigenvalue weighted by atomic mass is 9.89. The number of nitrogens with zero attached hydrogens (tertiary/aromatic N) is 7. The van der Waals surface area contributed by atoms with Gasteiger partial charge in [-0.1, -0.05) is 50.1 Å². The summed E-state index contributed by atoms with van der Waals surface area (Å²) in [6.07, 6.45) is 12.7. The minimum absolute atomic E-state index is 0.00973. The third-order valence-electron chi connectivity index (χ3n) is 16.8. The zero-order valence-corrected chi connectivity index (χ0v) is 44.4. The van der Waals surface area contributed by atoms with Crippen molar-refractivity contribution < 1.29 is 34.0 Å². The van der Waals surface area contributed by atoms with Gasteiger partial charge in [-0.15, -0.1) is 6.42 Å². The number of fused-ring (bicyclic) bond motifs is 7. The second-order valence-electron chi connectivity index (χ2n) is 22.4. The van der Waals surface area contributed by atoms with Crippen LogP contribution in [0, 0.1) is 25.2 Å². The van der Waals surface area contributed by atoms with Gasteiger partial charge in [-0.2, -0.15) is 20.2 Å². The number of carbonyl (C=O) groups excluding carboxylic acids is 2. The molecule has 13 rings (SSSR count). The zero-order valence-electron chi connectivity index (χ0n) is 44.4. The number of nitrogens with one attached hydrogen (secondary N) is 4. The van der Waals surface area contributed by atoms with E-state index in [2.05, 4.69) is 61.8 Å². The lowest BCUT2D eigenvalue weighted by Gasteiger charge is -2.31. The Labute approximate surface area is 455 Å². The van der Waals surface area contributed by atoms with Crippen LogP contribution < -0.4 is 30.6 Å². The fourth-order valence-electron chi connectivity index (χ4n) is 12.6. The Kier molecular flexibility index (Phi) is 13.1. The molecule has 2 bridgehead atoms. The molecule has 2 amide bonds. The minimum Gasteiger partial charge on any atom is -0.486 e. The molecule has 5 fully saturated rings. The highest BCUT2D eigenvalue weighted by molar-refractivity contribution is 6.07. The van der Waals surface area contributed by atoms with E-state index in [4.69, 9.17) is 35.7 Å². The highest BCUT2D eigenvalue weighted by Crippen LogP contribution is 2.53. The van der Waals surface area contributed by atoms with Crippen molar-refractivity contribution in [3.05, 3.63) is 111 Å². The van der Waals surface area contributed by atoms with Crippen LogP contribution in [0.15, 0.2) is 77.9 Å². The number of piperazine rings is 1. The van der Waals surface area contributed by atoms with Crippen LogP contribution in [0.2, 0.25) is 0 Å². The van der Waals surface area contributed by atoms with Crippen LogP contribution in [0.1, 0.15) is 98.2 Å². The summed E-state index contributed by atoms with van der Waals surface area (Å²) in [5, 5.41) is 43.3. The van der Waals surface area contributed by atoms with Gasteiger partial charge >= 0.3 is 6.01 Å². The lowest BCUT2D eigenvalue weighted by Crippen LogP contribution is -2.50. The Morgan fingerprint density at radius 3 is 2.49 bits per heavy atom. The van der Waals surface area contributed by atoms with E-state index < -0.39 is 48.2 Å². The number of carbonyl (C=O) groups is 2. The minimum atomic E-state index is -1.02. The third-order valence-corrected chi connectivity index (χ3v) is 16.8. The van der Waals surface area contributed by atoms with Crippen molar-refractivity contribution in [2.75, 3.05) is 44.4 Å². The zero-order chi connectivity index (χ0) is 54.2. The molecule has 8 aromatic rings. The van der Waals surface area contributed by atoms with Crippen LogP contribution in [-0.2, 0) is 20.9 Å². The summed E-state index contributed by atoms with van der Waals surface area (Å²) < 4.78 is 21.2. The Hall–Kier alpha value is -7.89. The fourth-order valence-corrected chi connectivity index (χ4v) is 12.6. The van der Waals surface area contributed by atoms with Gasteiger partial charge in [0, 0.05) is 95.4 Å². The Bertz CT molecular complexity index is 3800. The van der Waals surface area contributed by atoms with E-state index in [0.29, 0.717) is 69.9 Å². The normalized spacial score (nSPS) is 21.2. The average Bonchev–Trinajstić information content (AvgIpc) is 4.16. The number of likely N-dealkylation sites (tertiary alicyclic amines) is 1. The van der Waals surface area contributed by atoms with Crippen LogP contribution in [0.5, 0.6) is 11.8 Å². The van der Waals surface area contributed by atoms with E-state index in [1.54, 1.807) is 30.5 Å². The number of aryl methyl sites for hydroxylation is 1. The van der Waals surface area contributed by atoms with Crippen LogP contribution in [0.25, 0.3) is 54.7 Å². The SMILES string of the molecule is C#Cc1ccc([C@H](CO)NC(=O)[C@@H]2C[C@@H](O)CN2C(=O)C(C(C)C)n2cc3c(n2)c(=O)[nH]c2cc(COc4c(-c5c(C)ccc6[nH]ncc56)c(C5CC5)cc5c(N6C[C@@H]7C[C@H]6CN7)nc(OC6CCOCC6)nc45)ccc23)cc1. The molecule has 1 unspecified atom stereocenters. The van der Waals surface area contributed by atoms with Crippen molar-refractivity contribution in [3.8, 4) is 35.2 Å². The average molecular weight is 1070 g/mol. The molecular weight excluding hydrogens is 1000 g/mol. The van der Waals surface area contributed by atoms with Crippen molar-refractivity contribution in [3.63, 3.8) is 0 Å². The summed E-state index contributed by atoms with van der Waals surface area (Å²) in [4.78, 5) is 60.2. The van der Waals surface area contributed by atoms with E-state index in [0.717, 1.165) is 89.6 Å². The largest absolute Gasteiger partial charge is 0.486 e. The van der Waals surface area contributed by atoms with Gasteiger partial charge in [0.2, 0.25) is 11.8 Å². The van der Waals surface area contributed by atoms with Gasteiger partial charge in [0.25, 0.3) is 5.56 Å². The van der Waals surface area contributed by atoms with Crippen molar-refractivity contribution in [1.82, 2.24) is 50.5 Å². The number of benzene rings is 4. The molecule has 79 heavy (non-hydrogen) atoms. The smallest absolute Gasteiger partial charge is 0.319 e.